The van der Waals surface area contributed by atoms with E-state index in [4.69, 9.17) is 0 Å². The summed E-state index contributed by atoms with van der Waals surface area (Å²) in [5.74, 6) is 0. The molecule has 13 rings (SSSR count). The molecule has 8 aromatic rings. The number of nitrogens with zero attached hydrogens (tertiary/aromatic N) is 3. The highest BCUT2D eigenvalue weighted by Gasteiger charge is 2.55. The highest BCUT2D eigenvalue weighted by atomic mass is 15.2. The fraction of sp³-hybridized carbons (Fsp3) is 0.111. The minimum absolute atomic E-state index is 0.00992. The van der Waals surface area contributed by atoms with E-state index in [1.165, 1.54) is 112 Å². The number of hydrogen-bond donors (Lipinski definition) is 0. The van der Waals surface area contributed by atoms with Crippen LogP contribution in [-0.4, -0.2) is 6.71 Å². The van der Waals surface area contributed by atoms with Gasteiger partial charge in [0, 0.05) is 62.0 Å². The van der Waals surface area contributed by atoms with E-state index in [1.807, 2.05) is 0 Å². The standard InChI is InChI=1S/C54H40BN3/c1-53(2)40-27-16-14-25-36(40)38-31-44-49-51(46(38)53)58(35-23-12-7-13-24-35)52-47-39(37-26-15-17-28-41(37)54(47,3)4)32-45-50(52)55(49)48-42(56(44)33-19-8-5-9-20-33)29-18-30-43(48)57(45)34-21-10-6-11-22-34/h5-32H,1-4H3. The molecule has 4 heteroatoms. The van der Waals surface area contributed by atoms with Crippen LogP contribution in [0.15, 0.2) is 170 Å². The van der Waals surface area contributed by atoms with Crippen LogP contribution >= 0.6 is 0 Å². The van der Waals surface area contributed by atoms with Crippen LogP contribution in [-0.2, 0) is 10.8 Å². The van der Waals surface area contributed by atoms with Gasteiger partial charge in [0.2, 0.25) is 0 Å². The lowest BCUT2D eigenvalue weighted by Crippen LogP contribution is -2.65. The lowest BCUT2D eigenvalue weighted by molar-refractivity contribution is 0.656. The maximum Gasteiger partial charge on any atom is 0.257 e. The highest BCUT2D eigenvalue weighted by Crippen LogP contribution is 2.62. The number of benzene rings is 8. The number of para-hydroxylation sites is 3. The van der Waals surface area contributed by atoms with Crippen LogP contribution in [0, 0.1) is 0 Å². The Hall–Kier alpha value is -6.78. The molecular formula is C54H40BN3. The fourth-order valence-electron chi connectivity index (χ4n) is 11.8. The Labute approximate surface area is 340 Å². The average molecular weight is 742 g/mol. The molecule has 0 bridgehead atoms. The first-order valence-electron chi connectivity index (χ1n) is 20.7. The lowest BCUT2D eigenvalue weighted by Gasteiger charge is -2.51. The van der Waals surface area contributed by atoms with Crippen molar-refractivity contribution in [1.82, 2.24) is 0 Å². The first-order chi connectivity index (χ1) is 28.4. The molecule has 0 saturated carbocycles. The van der Waals surface area contributed by atoms with Crippen molar-refractivity contribution >= 4 is 74.3 Å². The first-order valence-corrected chi connectivity index (χ1v) is 20.7. The van der Waals surface area contributed by atoms with Crippen molar-refractivity contribution in [2.24, 2.45) is 0 Å². The van der Waals surface area contributed by atoms with Gasteiger partial charge in [0.25, 0.3) is 6.71 Å². The van der Waals surface area contributed by atoms with E-state index in [0.29, 0.717) is 0 Å². The van der Waals surface area contributed by atoms with Crippen LogP contribution in [0.5, 0.6) is 0 Å². The van der Waals surface area contributed by atoms with Crippen LogP contribution in [0.1, 0.15) is 49.9 Å². The third-order valence-corrected chi connectivity index (χ3v) is 14.0. The van der Waals surface area contributed by atoms with Crippen LogP contribution < -0.4 is 31.1 Å². The van der Waals surface area contributed by atoms with Crippen LogP contribution in [0.4, 0.5) is 51.2 Å². The van der Waals surface area contributed by atoms with Crippen molar-refractivity contribution in [3.8, 4) is 22.3 Å². The topological polar surface area (TPSA) is 9.72 Å². The van der Waals surface area contributed by atoms with Crippen LogP contribution in [0.2, 0.25) is 0 Å². The van der Waals surface area contributed by atoms with E-state index in [-0.39, 0.29) is 17.5 Å². The summed E-state index contributed by atoms with van der Waals surface area (Å²) in [4.78, 5) is 7.86. The van der Waals surface area contributed by atoms with Gasteiger partial charge in [0.05, 0.1) is 0 Å². The summed E-state index contributed by atoms with van der Waals surface area (Å²) < 4.78 is 0. The van der Waals surface area contributed by atoms with E-state index in [2.05, 4.69) is 212 Å². The molecule has 0 fully saturated rings. The number of rotatable bonds is 3. The molecule has 3 aliphatic heterocycles. The maximum atomic E-state index is 2.72. The van der Waals surface area contributed by atoms with Gasteiger partial charge in [-0.15, -0.1) is 0 Å². The van der Waals surface area contributed by atoms with Gasteiger partial charge in [-0.3, -0.25) is 0 Å². The third kappa shape index (κ3) is 3.82. The van der Waals surface area contributed by atoms with Gasteiger partial charge in [0.1, 0.15) is 0 Å². The highest BCUT2D eigenvalue weighted by molar-refractivity contribution is 7.02. The number of hydrogen-bond acceptors (Lipinski definition) is 3. The van der Waals surface area contributed by atoms with Crippen LogP contribution in [0.3, 0.4) is 0 Å². The Morgan fingerprint density at radius 3 is 1.16 bits per heavy atom. The van der Waals surface area contributed by atoms with Gasteiger partial charge in [-0.05, 0) is 122 Å². The molecule has 274 valence electrons. The molecule has 8 aromatic carbocycles. The summed E-state index contributed by atoms with van der Waals surface area (Å²) in [6.07, 6.45) is 0. The molecule has 2 aliphatic carbocycles. The SMILES string of the molecule is CC1(C)c2ccccc2-c2cc3c4c(c21)N(c1ccccc1)c1c2c(cc5c1C(C)(C)c1ccccc1-5)N(c1ccccc1)c1cccc(c1B42)N3c1ccccc1. The minimum Gasteiger partial charge on any atom is -0.311 e. The third-order valence-electron chi connectivity index (χ3n) is 14.0. The molecule has 0 aromatic heterocycles. The zero-order valence-electron chi connectivity index (χ0n) is 33.1. The van der Waals surface area contributed by atoms with Crippen LogP contribution in [0.25, 0.3) is 22.3 Å². The summed E-state index contributed by atoms with van der Waals surface area (Å²) in [6.45, 7) is 9.82. The van der Waals surface area contributed by atoms with Gasteiger partial charge in [0.15, 0.2) is 0 Å². The molecule has 0 spiro atoms. The molecule has 5 aliphatic rings. The van der Waals surface area contributed by atoms with Gasteiger partial charge < -0.3 is 14.7 Å². The van der Waals surface area contributed by atoms with Crippen molar-refractivity contribution in [2.75, 3.05) is 14.7 Å². The smallest absolute Gasteiger partial charge is 0.257 e. The molecule has 0 unspecified atom stereocenters. The predicted molar refractivity (Wildman–Crippen MR) is 244 cm³/mol. The maximum absolute atomic E-state index is 2.72. The lowest BCUT2D eigenvalue weighted by atomic mass is 9.31. The van der Waals surface area contributed by atoms with E-state index in [1.54, 1.807) is 0 Å². The summed E-state index contributed by atoms with van der Waals surface area (Å²) in [5.41, 5.74) is 25.8. The van der Waals surface area contributed by atoms with Gasteiger partial charge in [-0.1, -0.05) is 137 Å². The van der Waals surface area contributed by atoms with E-state index in [9.17, 15) is 0 Å². The van der Waals surface area contributed by atoms with Crippen molar-refractivity contribution in [1.29, 1.82) is 0 Å². The van der Waals surface area contributed by atoms with E-state index in [0.717, 1.165) is 0 Å². The van der Waals surface area contributed by atoms with Gasteiger partial charge in [-0.2, -0.15) is 0 Å². The molecule has 0 N–H and O–H groups in total. The summed E-state index contributed by atoms with van der Waals surface area (Å²) in [6, 6.07) is 63.7. The average Bonchev–Trinajstić information content (AvgIpc) is 3.63. The van der Waals surface area contributed by atoms with Gasteiger partial charge >= 0.3 is 0 Å². The molecule has 58 heavy (non-hydrogen) atoms. The first kappa shape index (κ1) is 32.3. The van der Waals surface area contributed by atoms with Gasteiger partial charge in [-0.25, -0.2) is 0 Å². The second-order valence-electron chi connectivity index (χ2n) is 17.7. The largest absolute Gasteiger partial charge is 0.311 e. The zero-order chi connectivity index (χ0) is 38.7. The zero-order valence-corrected chi connectivity index (χ0v) is 33.1. The van der Waals surface area contributed by atoms with Crippen molar-refractivity contribution < 1.29 is 0 Å². The van der Waals surface area contributed by atoms with E-state index >= 15 is 0 Å². The van der Waals surface area contributed by atoms with Crippen molar-refractivity contribution in [3.05, 3.63) is 192 Å². The Morgan fingerprint density at radius 1 is 0.345 bits per heavy atom. The predicted octanol–water partition coefficient (Wildman–Crippen LogP) is 12.2. The quantitative estimate of drug-likeness (QED) is 0.167. The summed E-state index contributed by atoms with van der Waals surface area (Å²) >= 11 is 0. The normalized spacial score (nSPS) is 16.1. The molecule has 0 saturated heterocycles. The number of anilines is 9. The molecule has 3 nitrogen and oxygen atoms in total. The Kier molecular flexibility index (Phi) is 6.13. The molecule has 0 atom stereocenters. The summed E-state index contributed by atoms with van der Waals surface area (Å²) in [7, 11) is 0. The Balaban J connectivity index is 1.28. The summed E-state index contributed by atoms with van der Waals surface area (Å²) in [5, 5.41) is 0. The Morgan fingerprint density at radius 2 is 0.724 bits per heavy atom. The molecule has 0 amide bonds. The van der Waals surface area contributed by atoms with Crippen molar-refractivity contribution in [3.63, 3.8) is 0 Å². The van der Waals surface area contributed by atoms with E-state index < -0.39 is 0 Å². The fourth-order valence-corrected chi connectivity index (χ4v) is 11.8. The van der Waals surface area contributed by atoms with Crippen molar-refractivity contribution in [2.45, 2.75) is 38.5 Å². The Bertz CT molecular complexity index is 2890. The second-order valence-corrected chi connectivity index (χ2v) is 17.7. The minimum atomic E-state index is -0.248. The molecule has 0 radical (unpaired) electrons. The monoisotopic (exact) mass is 741 g/mol. The molecular weight excluding hydrogens is 701 g/mol. The molecule has 3 heterocycles. The second kappa shape index (κ2) is 11.0. The number of fused-ring (bicyclic) bond motifs is 8.